The smallest absolute Gasteiger partial charge is 0.213 e. The van der Waals surface area contributed by atoms with Crippen molar-refractivity contribution in [1.29, 1.82) is 0 Å². The Hall–Kier alpha value is -3.50. The molecule has 0 fully saturated rings. The molecule has 2 heterocycles. The SMILES string of the molecule is C[C@@H](N1N=C(F)C2CC(=NCc3ccc(Cl)cc3)C=CC21)[C@](O)(Cn1cncn1)c1ccc(F)cc1F. The zero-order chi connectivity index (χ0) is 26.2. The highest BCUT2D eigenvalue weighted by Gasteiger charge is 2.48. The first-order chi connectivity index (χ1) is 17.7. The maximum atomic E-state index is 15.1. The van der Waals surface area contributed by atoms with Crippen molar-refractivity contribution in [3.05, 3.63) is 95.1 Å². The fourth-order valence-corrected chi connectivity index (χ4v) is 4.94. The molecule has 37 heavy (non-hydrogen) atoms. The summed E-state index contributed by atoms with van der Waals surface area (Å²) in [5.41, 5.74) is -0.400. The molecule has 0 saturated heterocycles. The Balaban J connectivity index is 1.42. The van der Waals surface area contributed by atoms with Gasteiger partial charge in [-0.15, -0.1) is 5.10 Å². The zero-order valence-corrected chi connectivity index (χ0v) is 20.6. The van der Waals surface area contributed by atoms with E-state index < -0.39 is 41.2 Å². The van der Waals surface area contributed by atoms with E-state index in [0.29, 0.717) is 24.1 Å². The number of aliphatic imine (C=N–C) groups is 1. The van der Waals surface area contributed by atoms with Crippen molar-refractivity contribution < 1.29 is 18.3 Å². The molecule has 0 saturated carbocycles. The van der Waals surface area contributed by atoms with Crippen LogP contribution in [0.25, 0.3) is 0 Å². The highest BCUT2D eigenvalue weighted by Crippen LogP contribution is 2.39. The minimum Gasteiger partial charge on any atom is -0.381 e. The topological polar surface area (TPSA) is 78.9 Å². The molecular formula is C26H24ClF3N6O. The molecule has 2 unspecified atom stereocenters. The number of halogens is 4. The van der Waals surface area contributed by atoms with Crippen molar-refractivity contribution in [2.75, 3.05) is 0 Å². The molecule has 0 radical (unpaired) electrons. The quantitative estimate of drug-likeness (QED) is 0.483. The van der Waals surface area contributed by atoms with E-state index in [0.717, 1.165) is 17.3 Å². The predicted octanol–water partition coefficient (Wildman–Crippen LogP) is 4.67. The van der Waals surface area contributed by atoms with Crippen LogP contribution in [0, 0.1) is 17.6 Å². The van der Waals surface area contributed by atoms with Crippen molar-refractivity contribution in [2.24, 2.45) is 16.0 Å². The molecule has 1 aliphatic carbocycles. The van der Waals surface area contributed by atoms with Gasteiger partial charge in [-0.3, -0.25) is 10.0 Å². The molecular weight excluding hydrogens is 505 g/mol. The lowest BCUT2D eigenvalue weighted by molar-refractivity contribution is -0.0695. The normalized spacial score (nSPS) is 22.6. The summed E-state index contributed by atoms with van der Waals surface area (Å²) in [6.07, 6.45) is 6.59. The molecule has 2 aliphatic rings. The van der Waals surface area contributed by atoms with Crippen LogP contribution in [0.4, 0.5) is 13.2 Å². The summed E-state index contributed by atoms with van der Waals surface area (Å²) in [5, 5.41) is 22.1. The first-order valence-electron chi connectivity index (χ1n) is 11.7. The van der Waals surface area contributed by atoms with Gasteiger partial charge in [-0.25, -0.2) is 18.4 Å². The zero-order valence-electron chi connectivity index (χ0n) is 19.8. The van der Waals surface area contributed by atoms with Crippen molar-refractivity contribution in [3.8, 4) is 0 Å². The van der Waals surface area contributed by atoms with Gasteiger partial charge in [0.1, 0.15) is 29.9 Å². The predicted molar refractivity (Wildman–Crippen MR) is 134 cm³/mol. The van der Waals surface area contributed by atoms with Crippen LogP contribution in [0.15, 0.2) is 77.4 Å². The molecule has 3 aromatic rings. The number of aliphatic hydroxyl groups is 1. The van der Waals surface area contributed by atoms with Crippen LogP contribution in [0.1, 0.15) is 24.5 Å². The summed E-state index contributed by atoms with van der Waals surface area (Å²) in [5.74, 6) is -2.90. The average Bonchev–Trinajstić information content (AvgIpc) is 3.50. The number of aromatic nitrogens is 3. The minimum absolute atomic E-state index is 0.152. The molecule has 1 N–H and O–H groups in total. The van der Waals surface area contributed by atoms with Gasteiger partial charge in [0.2, 0.25) is 5.97 Å². The van der Waals surface area contributed by atoms with Crippen molar-refractivity contribution in [1.82, 2.24) is 19.8 Å². The van der Waals surface area contributed by atoms with E-state index in [1.165, 1.54) is 28.4 Å². The molecule has 0 amide bonds. The van der Waals surface area contributed by atoms with Gasteiger partial charge in [0.05, 0.1) is 31.1 Å². The van der Waals surface area contributed by atoms with Gasteiger partial charge in [-0.1, -0.05) is 35.9 Å². The fourth-order valence-electron chi connectivity index (χ4n) is 4.81. The summed E-state index contributed by atoms with van der Waals surface area (Å²) in [6.45, 7) is 1.84. The number of nitrogens with zero attached hydrogens (tertiary/aromatic N) is 6. The molecule has 7 nitrogen and oxygen atoms in total. The lowest BCUT2D eigenvalue weighted by Crippen LogP contribution is -2.53. The molecule has 11 heteroatoms. The Labute approximate surface area is 216 Å². The number of allylic oxidation sites excluding steroid dienone is 1. The van der Waals surface area contributed by atoms with Gasteiger partial charge in [0.15, 0.2) is 0 Å². The number of rotatable bonds is 7. The van der Waals surface area contributed by atoms with Crippen LogP contribution in [-0.2, 0) is 18.7 Å². The first kappa shape index (κ1) is 25.2. The monoisotopic (exact) mass is 528 g/mol. The molecule has 192 valence electrons. The van der Waals surface area contributed by atoms with E-state index in [1.54, 1.807) is 25.1 Å². The highest BCUT2D eigenvalue weighted by atomic mass is 35.5. The Kier molecular flexibility index (Phi) is 6.87. The molecule has 2 aromatic carbocycles. The van der Waals surface area contributed by atoms with Crippen LogP contribution in [0.2, 0.25) is 5.02 Å². The second-order valence-electron chi connectivity index (χ2n) is 9.21. The number of hydrazone groups is 1. The van der Waals surface area contributed by atoms with Crippen LogP contribution in [0.3, 0.4) is 0 Å². The fraction of sp³-hybridized carbons (Fsp3) is 0.308. The van der Waals surface area contributed by atoms with E-state index in [4.69, 9.17) is 11.6 Å². The largest absolute Gasteiger partial charge is 0.381 e. The Morgan fingerprint density at radius 3 is 2.68 bits per heavy atom. The average molecular weight is 529 g/mol. The van der Waals surface area contributed by atoms with E-state index in [1.807, 2.05) is 18.2 Å². The van der Waals surface area contributed by atoms with E-state index in [-0.39, 0.29) is 12.1 Å². The summed E-state index contributed by atoms with van der Waals surface area (Å²) in [6, 6.07) is 8.86. The van der Waals surface area contributed by atoms with Crippen molar-refractivity contribution >= 4 is 23.3 Å². The molecule has 0 spiro atoms. The summed E-state index contributed by atoms with van der Waals surface area (Å²) < 4.78 is 45.0. The molecule has 1 aromatic heterocycles. The van der Waals surface area contributed by atoms with Crippen molar-refractivity contribution in [2.45, 2.75) is 44.1 Å². The number of hydrogen-bond acceptors (Lipinski definition) is 6. The van der Waals surface area contributed by atoms with Gasteiger partial charge in [-0.05, 0) is 36.8 Å². The number of hydrogen-bond donors (Lipinski definition) is 1. The highest BCUT2D eigenvalue weighted by molar-refractivity contribution is 6.30. The number of benzene rings is 2. The van der Waals surface area contributed by atoms with Crippen LogP contribution in [0.5, 0.6) is 0 Å². The Morgan fingerprint density at radius 1 is 1.19 bits per heavy atom. The van der Waals surface area contributed by atoms with Crippen LogP contribution in [-0.4, -0.2) is 48.6 Å². The third-order valence-electron chi connectivity index (χ3n) is 6.88. The van der Waals surface area contributed by atoms with Gasteiger partial charge < -0.3 is 5.11 Å². The van der Waals surface area contributed by atoms with E-state index in [9.17, 15) is 13.9 Å². The van der Waals surface area contributed by atoms with E-state index in [2.05, 4.69) is 20.2 Å². The van der Waals surface area contributed by atoms with Crippen LogP contribution >= 0.6 is 11.6 Å². The first-order valence-corrected chi connectivity index (χ1v) is 12.1. The third-order valence-corrected chi connectivity index (χ3v) is 7.13. The standard InChI is InChI=1S/C26H24ClF3N6O/c1-16(26(37,13-35-15-31-14-33-35)22-8-6-19(28)10-23(22)29)36-24-9-7-20(11-21(24)25(30)34-36)32-12-17-2-4-18(27)5-3-17/h2-10,14-16,21,24,37H,11-13H2,1H3/t16-,21?,24?,26-/m1/s1. The van der Waals surface area contributed by atoms with E-state index >= 15 is 4.39 Å². The maximum Gasteiger partial charge on any atom is 0.213 e. The summed E-state index contributed by atoms with van der Waals surface area (Å²) in [7, 11) is 0. The second-order valence-corrected chi connectivity index (χ2v) is 9.65. The van der Waals surface area contributed by atoms with Gasteiger partial charge >= 0.3 is 0 Å². The Morgan fingerprint density at radius 2 is 1.97 bits per heavy atom. The third kappa shape index (κ3) is 5.03. The summed E-state index contributed by atoms with van der Waals surface area (Å²) >= 11 is 5.93. The molecule has 5 rings (SSSR count). The van der Waals surface area contributed by atoms with Gasteiger partial charge in [0.25, 0.3) is 0 Å². The maximum absolute atomic E-state index is 15.1. The lowest BCUT2D eigenvalue weighted by atomic mass is 9.83. The molecule has 0 bridgehead atoms. The second kappa shape index (κ2) is 10.1. The van der Waals surface area contributed by atoms with Gasteiger partial charge in [-0.2, -0.15) is 9.49 Å². The number of fused-ring (bicyclic) bond motifs is 1. The minimum atomic E-state index is -1.94. The molecule has 4 atom stereocenters. The van der Waals surface area contributed by atoms with Gasteiger partial charge in [0, 0.05) is 28.8 Å². The Bertz CT molecular complexity index is 1360. The lowest BCUT2D eigenvalue weighted by Gasteiger charge is -2.41. The summed E-state index contributed by atoms with van der Waals surface area (Å²) in [4.78, 5) is 8.49. The van der Waals surface area contributed by atoms with Crippen molar-refractivity contribution in [3.63, 3.8) is 0 Å². The van der Waals surface area contributed by atoms with Crippen LogP contribution < -0.4 is 0 Å². The molecule has 1 aliphatic heterocycles.